The normalized spacial score (nSPS) is 17.9. The van der Waals surface area contributed by atoms with Crippen LogP contribution >= 0.6 is 0 Å². The highest BCUT2D eigenvalue weighted by molar-refractivity contribution is 5.75. The fourth-order valence-corrected chi connectivity index (χ4v) is 9.90. The Labute approximate surface area is 424 Å². The molecule has 2 aliphatic heterocycles. The van der Waals surface area contributed by atoms with E-state index in [-0.39, 0.29) is 24.4 Å². The Balaban J connectivity index is 0.000000797. The Kier molecular flexibility index (Phi) is 17.1. The average molecular weight is 931 g/mol. The summed E-state index contributed by atoms with van der Waals surface area (Å²) in [4.78, 5) is 2.47. The molecule has 8 aromatic carbocycles. The van der Waals surface area contributed by atoms with Gasteiger partial charge in [0, 0.05) is 11.4 Å². The second-order valence-electron chi connectivity index (χ2n) is 17.7. The third kappa shape index (κ3) is 11.4. The van der Waals surface area contributed by atoms with Crippen molar-refractivity contribution in [3.8, 4) is 44.5 Å². The van der Waals surface area contributed by atoms with E-state index in [0.29, 0.717) is 0 Å². The van der Waals surface area contributed by atoms with Crippen molar-refractivity contribution in [2.45, 2.75) is 78.8 Å². The zero-order valence-corrected chi connectivity index (χ0v) is 42.6. The van der Waals surface area contributed by atoms with Crippen molar-refractivity contribution < 1.29 is 0 Å². The molecule has 358 valence electrons. The van der Waals surface area contributed by atoms with Crippen molar-refractivity contribution in [1.82, 2.24) is 15.5 Å². The molecule has 0 bridgehead atoms. The van der Waals surface area contributed by atoms with E-state index >= 15 is 0 Å². The van der Waals surface area contributed by atoms with Crippen molar-refractivity contribution >= 4 is 5.69 Å². The van der Waals surface area contributed by atoms with Crippen molar-refractivity contribution in [3.05, 3.63) is 270 Å². The first-order valence-corrected chi connectivity index (χ1v) is 25.7. The highest BCUT2D eigenvalue weighted by Gasteiger charge is 2.34. The van der Waals surface area contributed by atoms with Gasteiger partial charge in [0.25, 0.3) is 0 Å². The maximum absolute atomic E-state index is 4.02. The summed E-state index contributed by atoms with van der Waals surface area (Å²) in [5, 5.41) is 11.8. The Morgan fingerprint density at radius 3 is 1.44 bits per heavy atom. The largest absolute Gasteiger partial charge is 0.366 e. The van der Waals surface area contributed by atoms with E-state index < -0.39 is 0 Å². The van der Waals surface area contributed by atoms with Gasteiger partial charge >= 0.3 is 0 Å². The molecule has 4 atom stereocenters. The molecule has 4 heteroatoms. The number of allylic oxidation sites excluding steroid dienone is 4. The summed E-state index contributed by atoms with van der Waals surface area (Å²) in [6.45, 7) is 12.0. The molecule has 4 unspecified atom stereocenters. The zero-order chi connectivity index (χ0) is 49.5. The molecule has 3 aliphatic rings. The van der Waals surface area contributed by atoms with E-state index in [1.807, 2.05) is 53.7 Å². The summed E-state index contributed by atoms with van der Waals surface area (Å²) in [5.74, 6) is 0. The molecule has 0 aromatic heterocycles. The van der Waals surface area contributed by atoms with E-state index in [1.165, 1.54) is 89.3 Å². The van der Waals surface area contributed by atoms with Crippen LogP contribution in [-0.2, 0) is 0 Å². The van der Waals surface area contributed by atoms with Crippen LogP contribution in [0.4, 0.5) is 5.69 Å². The monoisotopic (exact) mass is 931 g/mol. The van der Waals surface area contributed by atoms with Gasteiger partial charge in [-0.05, 0) is 136 Å². The molecule has 0 saturated carbocycles. The molecule has 0 saturated heterocycles. The molecule has 0 amide bonds. The van der Waals surface area contributed by atoms with Crippen molar-refractivity contribution in [3.63, 3.8) is 0 Å². The van der Waals surface area contributed by atoms with E-state index in [1.54, 1.807) is 0 Å². The standard InChI is InChI=1S/C59H50N4.C4H8.2C2H6/c1-63-57(45-32-28-43(29-33-45)51-21-13-19-49(39-51)41-16-6-3-7-17-41)53-23-9-11-25-55(53)61-59(63)47-36-34-46(35-37-47)58-60-54-24-10-8-22-52(54)56(62-58)44-30-26-42(27-31-44)50-20-12-18-48(38-50)40-14-4-2-5-15-40;1-3-4-2;2*1-2/h2-7,9-21,23-39,56-62H,8,22H2,1H3;3-4H,1-2H3;2*1-2H3/b;4-3-;;. The van der Waals surface area contributed by atoms with Gasteiger partial charge in [-0.3, -0.25) is 10.2 Å². The lowest BCUT2D eigenvalue weighted by Crippen LogP contribution is -2.43. The minimum Gasteiger partial charge on any atom is -0.366 e. The van der Waals surface area contributed by atoms with Gasteiger partial charge in [0.2, 0.25) is 0 Å². The first kappa shape index (κ1) is 49.9. The fourth-order valence-electron chi connectivity index (χ4n) is 9.90. The van der Waals surface area contributed by atoms with Crippen LogP contribution in [-0.4, -0.2) is 11.9 Å². The summed E-state index contributed by atoms with van der Waals surface area (Å²) in [6, 6.07) is 75.4. The van der Waals surface area contributed by atoms with E-state index in [0.717, 1.165) is 12.8 Å². The average Bonchev–Trinajstić information content (AvgIpc) is 3.46. The van der Waals surface area contributed by atoms with Crippen LogP contribution in [0.15, 0.2) is 242 Å². The Morgan fingerprint density at radius 1 is 0.451 bits per heavy atom. The highest BCUT2D eigenvalue weighted by atomic mass is 15.3. The second kappa shape index (κ2) is 24.4. The van der Waals surface area contributed by atoms with Crippen molar-refractivity contribution in [2.24, 2.45) is 0 Å². The first-order valence-electron chi connectivity index (χ1n) is 25.7. The molecular weight excluding hydrogens is 861 g/mol. The third-order valence-electron chi connectivity index (χ3n) is 13.5. The molecule has 4 nitrogen and oxygen atoms in total. The molecule has 71 heavy (non-hydrogen) atoms. The first-order chi connectivity index (χ1) is 35.0. The van der Waals surface area contributed by atoms with Gasteiger partial charge in [-0.15, -0.1) is 0 Å². The quantitative estimate of drug-likeness (QED) is 0.133. The third-order valence-corrected chi connectivity index (χ3v) is 13.5. The topological polar surface area (TPSA) is 39.3 Å². The number of anilines is 1. The van der Waals surface area contributed by atoms with Crippen LogP contribution in [0.2, 0.25) is 0 Å². The van der Waals surface area contributed by atoms with Crippen LogP contribution in [0.3, 0.4) is 0 Å². The number of hydrogen-bond donors (Lipinski definition) is 3. The summed E-state index contributed by atoms with van der Waals surface area (Å²) < 4.78 is 0. The Morgan fingerprint density at radius 2 is 0.901 bits per heavy atom. The lowest BCUT2D eigenvalue weighted by Gasteiger charge is -2.42. The van der Waals surface area contributed by atoms with Gasteiger partial charge in [-0.1, -0.05) is 234 Å². The number of hydrogen-bond acceptors (Lipinski definition) is 4. The van der Waals surface area contributed by atoms with E-state index in [2.05, 4.69) is 246 Å². The number of benzene rings is 8. The van der Waals surface area contributed by atoms with Gasteiger partial charge in [-0.2, -0.15) is 0 Å². The molecule has 0 radical (unpaired) electrons. The van der Waals surface area contributed by atoms with Crippen LogP contribution in [0, 0.1) is 0 Å². The fraction of sp³-hybridized carbons (Fsp3) is 0.194. The molecule has 1 aliphatic carbocycles. The van der Waals surface area contributed by atoms with Gasteiger partial charge < -0.3 is 10.6 Å². The summed E-state index contributed by atoms with van der Waals surface area (Å²) in [5.41, 5.74) is 19.9. The minimum atomic E-state index is -0.0369. The number of rotatable bonds is 8. The maximum atomic E-state index is 4.02. The number of para-hydroxylation sites is 1. The molecule has 0 spiro atoms. The van der Waals surface area contributed by atoms with Crippen LogP contribution in [0.25, 0.3) is 44.5 Å². The van der Waals surface area contributed by atoms with Crippen LogP contribution < -0.4 is 16.0 Å². The summed E-state index contributed by atoms with van der Waals surface area (Å²) >= 11 is 0. The Hall–Kier alpha value is -7.50. The summed E-state index contributed by atoms with van der Waals surface area (Å²) in [7, 11) is 2.24. The predicted molar refractivity (Wildman–Crippen MR) is 304 cm³/mol. The minimum absolute atomic E-state index is 0.0105. The lowest BCUT2D eigenvalue weighted by atomic mass is 9.87. The van der Waals surface area contributed by atoms with Crippen LogP contribution in [0.5, 0.6) is 0 Å². The lowest BCUT2D eigenvalue weighted by molar-refractivity contribution is 0.209. The van der Waals surface area contributed by atoms with Gasteiger partial charge in [0.15, 0.2) is 0 Å². The molecule has 8 aromatic rings. The number of nitrogens with zero attached hydrogens (tertiary/aromatic N) is 1. The zero-order valence-electron chi connectivity index (χ0n) is 42.6. The highest BCUT2D eigenvalue weighted by Crippen LogP contribution is 2.44. The Bertz CT molecular complexity index is 3020. The summed E-state index contributed by atoms with van der Waals surface area (Å²) in [6.07, 6.45) is 10.6. The van der Waals surface area contributed by atoms with Gasteiger partial charge in [-0.25, -0.2) is 0 Å². The molecule has 11 rings (SSSR count). The van der Waals surface area contributed by atoms with Gasteiger partial charge in [0.1, 0.15) is 12.3 Å². The number of nitrogens with one attached hydrogen (secondary N) is 3. The van der Waals surface area contributed by atoms with Crippen LogP contribution in [0.1, 0.15) is 107 Å². The van der Waals surface area contributed by atoms with Gasteiger partial charge in [0.05, 0.1) is 12.1 Å². The van der Waals surface area contributed by atoms with E-state index in [9.17, 15) is 0 Å². The molecule has 3 N–H and O–H groups in total. The predicted octanol–water partition coefficient (Wildman–Crippen LogP) is 17.7. The number of fused-ring (bicyclic) bond motifs is 1. The molecule has 2 heterocycles. The molecular formula is C67H70N4. The van der Waals surface area contributed by atoms with E-state index in [4.69, 9.17) is 0 Å². The maximum Gasteiger partial charge on any atom is 0.106 e. The second-order valence-corrected chi connectivity index (χ2v) is 17.7. The molecule has 0 fully saturated rings. The van der Waals surface area contributed by atoms with Crippen molar-refractivity contribution in [1.29, 1.82) is 0 Å². The SMILES string of the molecule is C/C=C\C.CC.CC.CN1C(c2ccc(C3NC4=C(CCC=C4)C(c4ccc(-c5cccc(-c6ccccc6)c5)cc4)N3)cc2)Nc2ccccc2C1c1ccc(-c2cccc(-c3ccccc3)c2)cc1. The van der Waals surface area contributed by atoms with Crippen molar-refractivity contribution in [2.75, 3.05) is 12.4 Å². The smallest absolute Gasteiger partial charge is 0.106 e.